The molecular formula is C18H16ClF2N5O2S. The summed E-state index contributed by atoms with van der Waals surface area (Å²) < 4.78 is 30.0. The number of alkyl halides is 2. The minimum absolute atomic E-state index is 0.0222. The van der Waals surface area contributed by atoms with Crippen molar-refractivity contribution in [1.29, 1.82) is 0 Å². The zero-order chi connectivity index (χ0) is 21.0. The minimum Gasteiger partial charge on any atom is -0.435 e. The molecular weight excluding hydrogens is 424 g/mol. The van der Waals surface area contributed by atoms with Crippen molar-refractivity contribution < 1.29 is 18.3 Å². The van der Waals surface area contributed by atoms with Gasteiger partial charge in [-0.25, -0.2) is 4.68 Å². The van der Waals surface area contributed by atoms with Gasteiger partial charge in [-0.2, -0.15) is 8.78 Å². The van der Waals surface area contributed by atoms with Gasteiger partial charge in [0, 0.05) is 16.3 Å². The second kappa shape index (κ2) is 9.10. The maximum atomic E-state index is 12.4. The summed E-state index contributed by atoms with van der Waals surface area (Å²) in [6.07, 6.45) is 0. The molecule has 0 aliphatic heterocycles. The van der Waals surface area contributed by atoms with E-state index in [1.165, 1.54) is 28.9 Å². The Hall–Kier alpha value is -2.85. The van der Waals surface area contributed by atoms with Crippen LogP contribution in [0.25, 0.3) is 11.4 Å². The Labute approximate surface area is 174 Å². The molecule has 3 N–H and O–H groups in total. The zero-order valence-electron chi connectivity index (χ0n) is 15.1. The molecule has 2 aromatic carbocycles. The number of hydrogen-bond donors (Lipinski definition) is 2. The quantitative estimate of drug-likeness (QED) is 0.426. The van der Waals surface area contributed by atoms with Gasteiger partial charge in [-0.1, -0.05) is 23.4 Å². The van der Waals surface area contributed by atoms with E-state index >= 15 is 0 Å². The van der Waals surface area contributed by atoms with Gasteiger partial charge < -0.3 is 15.9 Å². The van der Waals surface area contributed by atoms with E-state index in [1.807, 2.05) is 0 Å². The first-order valence-electron chi connectivity index (χ1n) is 8.32. The molecule has 11 heteroatoms. The molecule has 29 heavy (non-hydrogen) atoms. The molecule has 0 bridgehead atoms. The highest BCUT2D eigenvalue weighted by atomic mass is 35.5. The number of halogens is 3. The number of carbonyl (C=O) groups is 1. The van der Waals surface area contributed by atoms with Crippen LogP contribution in [-0.4, -0.2) is 32.6 Å². The lowest BCUT2D eigenvalue weighted by molar-refractivity contribution is -0.115. The lowest BCUT2D eigenvalue weighted by atomic mass is 10.2. The van der Waals surface area contributed by atoms with Crippen LogP contribution in [-0.2, 0) is 4.79 Å². The number of aromatic nitrogens is 3. The highest BCUT2D eigenvalue weighted by molar-refractivity contribution is 8.00. The minimum atomic E-state index is -2.90. The number of thioether (sulfide) groups is 1. The molecule has 0 aliphatic carbocycles. The number of benzene rings is 2. The third-order valence-electron chi connectivity index (χ3n) is 3.77. The summed E-state index contributed by atoms with van der Waals surface area (Å²) in [5.41, 5.74) is 1.18. The van der Waals surface area contributed by atoms with Crippen molar-refractivity contribution in [3.05, 3.63) is 53.6 Å². The standard InChI is InChI=1S/C18H16ClF2N5O2S/c1-10(16(27)23-13-6-4-12(19)5-7-13)29-18-25-24-15(26(18)22)11-2-8-14(9-3-11)28-17(20)21/h2-10,17H,22H2,1H3,(H,23,27). The number of nitrogen functional groups attached to an aromatic ring is 1. The van der Waals surface area contributed by atoms with Gasteiger partial charge >= 0.3 is 6.61 Å². The van der Waals surface area contributed by atoms with Gasteiger partial charge in [0.1, 0.15) is 5.75 Å². The molecule has 3 aromatic rings. The summed E-state index contributed by atoms with van der Waals surface area (Å²) >= 11 is 6.96. The molecule has 1 atom stereocenters. The van der Waals surface area contributed by atoms with Crippen LogP contribution in [0.1, 0.15) is 6.92 Å². The fourth-order valence-electron chi connectivity index (χ4n) is 2.33. The monoisotopic (exact) mass is 439 g/mol. The largest absolute Gasteiger partial charge is 0.435 e. The Bertz CT molecular complexity index is 983. The van der Waals surface area contributed by atoms with Gasteiger partial charge in [-0.3, -0.25) is 4.79 Å². The molecule has 1 amide bonds. The summed E-state index contributed by atoms with van der Waals surface area (Å²) in [6.45, 7) is -1.19. The van der Waals surface area contributed by atoms with Gasteiger partial charge in [0.05, 0.1) is 5.25 Å². The summed E-state index contributed by atoms with van der Waals surface area (Å²) in [7, 11) is 0. The predicted molar refractivity (Wildman–Crippen MR) is 108 cm³/mol. The lowest BCUT2D eigenvalue weighted by Crippen LogP contribution is -2.23. The van der Waals surface area contributed by atoms with Crippen LogP contribution >= 0.6 is 23.4 Å². The van der Waals surface area contributed by atoms with Crippen molar-refractivity contribution in [2.24, 2.45) is 0 Å². The lowest BCUT2D eigenvalue weighted by Gasteiger charge is -2.11. The number of rotatable bonds is 7. The highest BCUT2D eigenvalue weighted by Crippen LogP contribution is 2.27. The average Bonchev–Trinajstić information content (AvgIpc) is 3.04. The number of nitrogens with one attached hydrogen (secondary N) is 1. The Morgan fingerprint density at radius 1 is 1.17 bits per heavy atom. The van der Waals surface area contributed by atoms with Crippen LogP contribution in [0.3, 0.4) is 0 Å². The summed E-state index contributed by atoms with van der Waals surface area (Å²) in [4.78, 5) is 12.4. The van der Waals surface area contributed by atoms with Crippen LogP contribution in [0.15, 0.2) is 53.7 Å². The Morgan fingerprint density at radius 3 is 2.45 bits per heavy atom. The molecule has 0 spiro atoms. The van der Waals surface area contributed by atoms with Crippen LogP contribution in [0.2, 0.25) is 5.02 Å². The number of amides is 1. The van der Waals surface area contributed by atoms with E-state index in [-0.39, 0.29) is 11.7 Å². The zero-order valence-corrected chi connectivity index (χ0v) is 16.6. The van der Waals surface area contributed by atoms with E-state index < -0.39 is 11.9 Å². The summed E-state index contributed by atoms with van der Waals surface area (Å²) in [5, 5.41) is 11.2. The third-order valence-corrected chi connectivity index (χ3v) is 5.07. The molecule has 0 fully saturated rings. The number of ether oxygens (including phenoxy) is 1. The number of carbonyl (C=O) groups excluding carboxylic acids is 1. The van der Waals surface area contributed by atoms with Crippen molar-refractivity contribution in [3.8, 4) is 17.1 Å². The van der Waals surface area contributed by atoms with Crippen molar-refractivity contribution in [3.63, 3.8) is 0 Å². The van der Waals surface area contributed by atoms with Crippen LogP contribution in [0.4, 0.5) is 14.5 Å². The molecule has 0 aliphatic rings. The van der Waals surface area contributed by atoms with Crippen molar-refractivity contribution >= 4 is 35.0 Å². The second-order valence-corrected chi connectivity index (χ2v) is 7.58. The third kappa shape index (κ3) is 5.36. The molecule has 0 saturated carbocycles. The van der Waals surface area contributed by atoms with E-state index in [0.717, 1.165) is 11.8 Å². The molecule has 3 rings (SSSR count). The predicted octanol–water partition coefficient (Wildman–Crippen LogP) is 4.03. The molecule has 1 unspecified atom stereocenters. The molecule has 7 nitrogen and oxygen atoms in total. The van der Waals surface area contributed by atoms with E-state index in [4.69, 9.17) is 17.4 Å². The highest BCUT2D eigenvalue weighted by Gasteiger charge is 2.20. The summed E-state index contributed by atoms with van der Waals surface area (Å²) in [5.74, 6) is 6.15. The van der Waals surface area contributed by atoms with Crippen LogP contribution in [0.5, 0.6) is 5.75 Å². The molecule has 1 heterocycles. The Kier molecular flexibility index (Phi) is 6.55. The van der Waals surface area contributed by atoms with E-state index in [2.05, 4.69) is 20.3 Å². The van der Waals surface area contributed by atoms with E-state index in [0.29, 0.717) is 27.3 Å². The molecule has 0 radical (unpaired) electrons. The maximum absolute atomic E-state index is 12.4. The fraction of sp³-hybridized carbons (Fsp3) is 0.167. The van der Waals surface area contributed by atoms with Gasteiger partial charge in [-0.05, 0) is 55.5 Å². The van der Waals surface area contributed by atoms with Crippen LogP contribution < -0.4 is 15.9 Å². The number of hydrogen-bond acceptors (Lipinski definition) is 6. The SMILES string of the molecule is CC(Sc1nnc(-c2ccc(OC(F)F)cc2)n1N)C(=O)Nc1ccc(Cl)cc1. The van der Waals surface area contributed by atoms with Gasteiger partial charge in [-0.15, -0.1) is 10.2 Å². The smallest absolute Gasteiger partial charge is 0.387 e. The topological polar surface area (TPSA) is 95.1 Å². The average molecular weight is 440 g/mol. The van der Waals surface area contributed by atoms with Crippen molar-refractivity contribution in [2.45, 2.75) is 23.9 Å². The van der Waals surface area contributed by atoms with Gasteiger partial charge in [0.25, 0.3) is 0 Å². The van der Waals surface area contributed by atoms with Crippen molar-refractivity contribution in [2.75, 3.05) is 11.2 Å². The molecule has 0 saturated heterocycles. The maximum Gasteiger partial charge on any atom is 0.387 e. The van der Waals surface area contributed by atoms with Gasteiger partial charge in [0.15, 0.2) is 5.82 Å². The molecule has 1 aromatic heterocycles. The van der Waals surface area contributed by atoms with Crippen molar-refractivity contribution in [1.82, 2.24) is 14.9 Å². The second-order valence-electron chi connectivity index (χ2n) is 5.84. The normalized spacial score (nSPS) is 12.0. The van der Waals surface area contributed by atoms with E-state index in [9.17, 15) is 13.6 Å². The Morgan fingerprint density at radius 2 is 1.83 bits per heavy atom. The van der Waals surface area contributed by atoms with Gasteiger partial charge in [0.2, 0.25) is 11.1 Å². The van der Waals surface area contributed by atoms with E-state index in [1.54, 1.807) is 31.2 Å². The number of nitrogens with two attached hydrogens (primary N) is 1. The number of anilines is 1. The molecule has 152 valence electrons. The first kappa shape index (κ1) is 20.9. The van der Waals surface area contributed by atoms with Crippen LogP contribution in [0, 0.1) is 0 Å². The first-order chi connectivity index (χ1) is 13.8. The Balaban J connectivity index is 1.67. The fourth-order valence-corrected chi connectivity index (χ4v) is 3.22. The summed E-state index contributed by atoms with van der Waals surface area (Å²) in [6, 6.07) is 12.6. The number of nitrogens with zero attached hydrogens (tertiary/aromatic N) is 3. The first-order valence-corrected chi connectivity index (χ1v) is 9.58.